The Kier molecular flexibility index (Phi) is 3.46. The first-order chi connectivity index (χ1) is 9.14. The number of fused-ring (bicyclic) bond motifs is 2. The van der Waals surface area contributed by atoms with Gasteiger partial charge in [-0.2, -0.15) is 0 Å². The second-order valence-corrected chi connectivity index (χ2v) is 6.78. The van der Waals surface area contributed by atoms with Crippen LogP contribution < -0.4 is 0 Å². The van der Waals surface area contributed by atoms with E-state index in [-0.39, 0.29) is 0 Å². The maximum absolute atomic E-state index is 5.43. The predicted molar refractivity (Wildman–Crippen MR) is 78.9 cm³/mol. The fourth-order valence-corrected chi connectivity index (χ4v) is 4.33. The molecule has 0 aromatic heterocycles. The first-order valence-electron chi connectivity index (χ1n) is 7.80. The van der Waals surface area contributed by atoms with Crippen LogP contribution in [0.4, 0.5) is 0 Å². The summed E-state index contributed by atoms with van der Waals surface area (Å²) in [6.45, 7) is 8.15. The van der Waals surface area contributed by atoms with Gasteiger partial charge in [0.1, 0.15) is 0 Å². The standard InChI is InChI=1S/C17H27NO/c1-13-6-8-17(2)11-16-14(12-19-3)7-10-18(16)9-4-5-15(13)17/h11,14H,4-10,12H2,1-3H3/b16-11-. The molecular weight excluding hydrogens is 234 g/mol. The maximum atomic E-state index is 5.43. The molecule has 2 atom stereocenters. The Morgan fingerprint density at radius 2 is 2.21 bits per heavy atom. The van der Waals surface area contributed by atoms with E-state index in [1.807, 2.05) is 7.11 Å². The number of nitrogens with zero attached hydrogens (tertiary/aromatic N) is 1. The third-order valence-electron chi connectivity index (χ3n) is 5.44. The number of ether oxygens (including phenoxy) is 1. The van der Waals surface area contributed by atoms with Crippen molar-refractivity contribution in [2.24, 2.45) is 11.3 Å². The number of rotatable bonds is 2. The van der Waals surface area contributed by atoms with E-state index in [1.165, 1.54) is 45.2 Å². The second kappa shape index (κ2) is 4.97. The van der Waals surface area contributed by atoms with Crippen molar-refractivity contribution in [3.8, 4) is 0 Å². The van der Waals surface area contributed by atoms with Crippen LogP contribution in [0.2, 0.25) is 0 Å². The van der Waals surface area contributed by atoms with Crippen LogP contribution in [-0.2, 0) is 4.74 Å². The van der Waals surface area contributed by atoms with Crippen LogP contribution in [0.25, 0.3) is 0 Å². The van der Waals surface area contributed by atoms with Gasteiger partial charge in [0.2, 0.25) is 0 Å². The van der Waals surface area contributed by atoms with Gasteiger partial charge in [-0.1, -0.05) is 24.1 Å². The summed E-state index contributed by atoms with van der Waals surface area (Å²) in [5, 5.41) is 0. The highest BCUT2D eigenvalue weighted by molar-refractivity contribution is 5.34. The summed E-state index contributed by atoms with van der Waals surface area (Å²) in [7, 11) is 1.83. The van der Waals surface area contributed by atoms with Crippen molar-refractivity contribution in [2.45, 2.75) is 46.0 Å². The summed E-state index contributed by atoms with van der Waals surface area (Å²) in [5.74, 6) is 0.627. The van der Waals surface area contributed by atoms with Gasteiger partial charge in [0.25, 0.3) is 0 Å². The fraction of sp³-hybridized carbons (Fsp3) is 0.765. The van der Waals surface area contributed by atoms with Crippen molar-refractivity contribution in [3.05, 3.63) is 22.9 Å². The largest absolute Gasteiger partial charge is 0.384 e. The summed E-state index contributed by atoms with van der Waals surface area (Å²) < 4.78 is 5.43. The lowest BCUT2D eigenvalue weighted by Crippen LogP contribution is -2.27. The summed E-state index contributed by atoms with van der Waals surface area (Å²) in [4.78, 5) is 2.62. The third kappa shape index (κ3) is 2.24. The SMILES string of the molecule is COCC1CCN2CCCC3=C(C)CCC3(C)/C=C/12. The first-order valence-corrected chi connectivity index (χ1v) is 7.80. The molecule has 106 valence electrons. The second-order valence-electron chi connectivity index (χ2n) is 6.78. The van der Waals surface area contributed by atoms with Gasteiger partial charge in [0, 0.05) is 37.2 Å². The minimum Gasteiger partial charge on any atom is -0.384 e. The molecule has 1 saturated heterocycles. The molecular formula is C17H27NO. The van der Waals surface area contributed by atoms with Gasteiger partial charge in [-0.3, -0.25) is 0 Å². The summed E-state index contributed by atoms with van der Waals surface area (Å²) in [6.07, 6.45) is 9.11. The minimum atomic E-state index is 0.328. The molecule has 0 amide bonds. The highest BCUT2D eigenvalue weighted by Gasteiger charge is 2.38. The predicted octanol–water partition coefficient (Wildman–Crippen LogP) is 3.75. The van der Waals surface area contributed by atoms with E-state index in [0.29, 0.717) is 11.3 Å². The Labute approximate surface area is 117 Å². The quantitative estimate of drug-likeness (QED) is 0.702. The lowest BCUT2D eigenvalue weighted by molar-refractivity contribution is 0.165. The van der Waals surface area contributed by atoms with Crippen molar-refractivity contribution in [1.29, 1.82) is 0 Å². The molecule has 0 aromatic carbocycles. The van der Waals surface area contributed by atoms with Crippen molar-refractivity contribution in [1.82, 2.24) is 4.90 Å². The first kappa shape index (κ1) is 13.2. The smallest absolute Gasteiger partial charge is 0.0545 e. The van der Waals surface area contributed by atoms with Crippen LogP contribution in [0.5, 0.6) is 0 Å². The molecule has 1 aliphatic carbocycles. The topological polar surface area (TPSA) is 12.5 Å². The van der Waals surface area contributed by atoms with Crippen molar-refractivity contribution in [2.75, 3.05) is 26.8 Å². The molecule has 2 unspecified atom stereocenters. The molecule has 0 aromatic rings. The number of allylic oxidation sites excluding steroid dienone is 3. The molecule has 2 aliphatic heterocycles. The van der Waals surface area contributed by atoms with Gasteiger partial charge in [0.15, 0.2) is 0 Å². The molecule has 2 nitrogen and oxygen atoms in total. The molecule has 0 bridgehead atoms. The van der Waals surface area contributed by atoms with Gasteiger partial charge >= 0.3 is 0 Å². The van der Waals surface area contributed by atoms with E-state index >= 15 is 0 Å². The van der Waals surface area contributed by atoms with Crippen LogP contribution in [0.1, 0.15) is 46.0 Å². The van der Waals surface area contributed by atoms with Crippen LogP contribution in [0, 0.1) is 11.3 Å². The van der Waals surface area contributed by atoms with E-state index in [4.69, 9.17) is 4.74 Å². The lowest BCUT2D eigenvalue weighted by atomic mass is 9.78. The average molecular weight is 261 g/mol. The number of hydrogen-bond donors (Lipinski definition) is 0. The summed E-state index contributed by atoms with van der Waals surface area (Å²) in [6, 6.07) is 0. The molecule has 19 heavy (non-hydrogen) atoms. The van der Waals surface area contributed by atoms with Gasteiger partial charge in [-0.25, -0.2) is 0 Å². The molecule has 3 aliphatic rings. The Morgan fingerprint density at radius 3 is 3.00 bits per heavy atom. The third-order valence-corrected chi connectivity index (χ3v) is 5.44. The molecule has 2 heteroatoms. The van der Waals surface area contributed by atoms with E-state index in [9.17, 15) is 0 Å². The van der Waals surface area contributed by atoms with Crippen LogP contribution >= 0.6 is 0 Å². The Bertz CT molecular complexity index is 423. The Hall–Kier alpha value is -0.760. The van der Waals surface area contributed by atoms with Crippen LogP contribution in [-0.4, -0.2) is 31.7 Å². The minimum absolute atomic E-state index is 0.328. The zero-order valence-corrected chi connectivity index (χ0v) is 12.7. The molecule has 3 rings (SSSR count). The Morgan fingerprint density at radius 1 is 1.37 bits per heavy atom. The van der Waals surface area contributed by atoms with Crippen molar-refractivity contribution < 1.29 is 4.74 Å². The van der Waals surface area contributed by atoms with E-state index in [2.05, 4.69) is 24.8 Å². The highest BCUT2D eigenvalue weighted by Crippen LogP contribution is 2.49. The van der Waals surface area contributed by atoms with Crippen molar-refractivity contribution >= 4 is 0 Å². The molecule has 0 N–H and O–H groups in total. The molecule has 0 saturated carbocycles. The zero-order chi connectivity index (χ0) is 13.5. The fourth-order valence-electron chi connectivity index (χ4n) is 4.33. The van der Waals surface area contributed by atoms with E-state index in [0.717, 1.165) is 6.61 Å². The summed E-state index contributed by atoms with van der Waals surface area (Å²) >= 11 is 0. The van der Waals surface area contributed by atoms with Crippen LogP contribution in [0.15, 0.2) is 22.9 Å². The van der Waals surface area contributed by atoms with Gasteiger partial charge in [-0.15, -0.1) is 0 Å². The molecule has 0 spiro atoms. The summed E-state index contributed by atoms with van der Waals surface area (Å²) in [5.41, 5.74) is 5.31. The van der Waals surface area contributed by atoms with E-state index < -0.39 is 0 Å². The Balaban J connectivity index is 1.96. The average Bonchev–Trinajstić information content (AvgIpc) is 2.84. The van der Waals surface area contributed by atoms with E-state index in [1.54, 1.807) is 16.8 Å². The molecule has 0 radical (unpaired) electrons. The lowest BCUT2D eigenvalue weighted by Gasteiger charge is -2.33. The highest BCUT2D eigenvalue weighted by atomic mass is 16.5. The van der Waals surface area contributed by atoms with Crippen molar-refractivity contribution in [3.63, 3.8) is 0 Å². The van der Waals surface area contributed by atoms with Crippen LogP contribution in [0.3, 0.4) is 0 Å². The normalized spacial score (nSPS) is 37.5. The van der Waals surface area contributed by atoms with Gasteiger partial charge < -0.3 is 9.64 Å². The molecule has 2 heterocycles. The molecule has 1 fully saturated rings. The van der Waals surface area contributed by atoms with Gasteiger partial charge in [-0.05, 0) is 39.0 Å². The van der Waals surface area contributed by atoms with Gasteiger partial charge in [0.05, 0.1) is 6.61 Å². The maximum Gasteiger partial charge on any atom is 0.0545 e. The number of hydrogen-bond acceptors (Lipinski definition) is 2. The zero-order valence-electron chi connectivity index (χ0n) is 12.7. The number of methoxy groups -OCH3 is 1. The monoisotopic (exact) mass is 261 g/mol.